The van der Waals surface area contributed by atoms with E-state index in [9.17, 15) is 0 Å². The van der Waals surface area contributed by atoms with E-state index in [2.05, 4.69) is 34.5 Å². The summed E-state index contributed by atoms with van der Waals surface area (Å²) in [5, 5.41) is 0. The van der Waals surface area contributed by atoms with Crippen molar-refractivity contribution in [2.75, 3.05) is 0 Å². The Labute approximate surface area is 80.0 Å². The third-order valence-electron chi connectivity index (χ3n) is 2.55. The maximum Gasteiger partial charge on any atom is 0.0905 e. The molecule has 2 unspecified atom stereocenters. The molecule has 0 spiro atoms. The molecule has 0 nitrogen and oxygen atoms in total. The second kappa shape index (κ2) is 5.72. The van der Waals surface area contributed by atoms with Gasteiger partial charge in [0.15, 0.2) is 0 Å². The quantitative estimate of drug-likeness (QED) is 0.547. The molecule has 0 saturated heterocycles. The van der Waals surface area contributed by atoms with Crippen molar-refractivity contribution in [3.05, 3.63) is 0 Å². The van der Waals surface area contributed by atoms with Crippen molar-refractivity contribution >= 4 is 14.3 Å². The first kappa shape index (κ1) is 12.1. The molecule has 12 heavy (non-hydrogen) atoms. The van der Waals surface area contributed by atoms with E-state index in [0.717, 1.165) is 11.8 Å². The Morgan fingerprint density at radius 3 is 1.92 bits per heavy atom. The third-order valence-corrected chi connectivity index (χ3v) is 2.55. The maximum atomic E-state index is 5.82. The third kappa shape index (κ3) is 5.74. The summed E-state index contributed by atoms with van der Waals surface area (Å²) in [5.41, 5.74) is 0. The molecule has 0 aromatic carbocycles. The first-order valence-electron chi connectivity index (χ1n) is 5.19. The maximum absolute atomic E-state index is 5.82. The molecule has 0 saturated carbocycles. The van der Waals surface area contributed by atoms with E-state index in [-0.39, 0.29) is 0 Å². The monoisotopic (exact) mass is 164 g/mol. The topological polar surface area (TPSA) is 0 Å². The largest absolute Gasteiger partial charge is 0.0931 e. The minimum absolute atomic E-state index is 0.347. The van der Waals surface area contributed by atoms with Crippen molar-refractivity contribution in [1.82, 2.24) is 0 Å². The fourth-order valence-corrected chi connectivity index (χ4v) is 1.75. The molecule has 2 atom stereocenters. The lowest BCUT2D eigenvalue weighted by atomic mass is 9.28. The lowest BCUT2D eigenvalue weighted by molar-refractivity contribution is 0.411. The lowest BCUT2D eigenvalue weighted by Crippen LogP contribution is -2.17. The molecule has 2 heteroatoms. The van der Waals surface area contributed by atoms with Crippen LogP contribution in [0.2, 0.25) is 12.6 Å². The Morgan fingerprint density at radius 2 is 1.58 bits per heavy atom. The summed E-state index contributed by atoms with van der Waals surface area (Å²) < 4.78 is 0. The molecule has 0 aliphatic rings. The van der Waals surface area contributed by atoms with Crippen LogP contribution >= 0.6 is 0 Å². The van der Waals surface area contributed by atoms with Crippen LogP contribution < -0.4 is 0 Å². The second-order valence-electron chi connectivity index (χ2n) is 4.81. The van der Waals surface area contributed by atoms with E-state index < -0.39 is 0 Å². The van der Waals surface area contributed by atoms with Crippen LogP contribution in [-0.4, -0.2) is 14.3 Å². The first-order chi connectivity index (χ1) is 5.43. The highest BCUT2D eigenvalue weighted by molar-refractivity contribution is 7.03. The number of hydrogen-bond donors (Lipinski definition) is 0. The predicted molar refractivity (Wildman–Crippen MR) is 60.0 cm³/mol. The minimum Gasteiger partial charge on any atom is -0.0931 e. The lowest BCUT2D eigenvalue weighted by Gasteiger charge is -2.20. The van der Waals surface area contributed by atoms with Crippen LogP contribution in [0, 0.1) is 11.8 Å². The first-order valence-corrected chi connectivity index (χ1v) is 5.19. The van der Waals surface area contributed by atoms with Crippen molar-refractivity contribution in [3.63, 3.8) is 0 Å². The van der Waals surface area contributed by atoms with Crippen LogP contribution in [-0.2, 0) is 0 Å². The van der Waals surface area contributed by atoms with E-state index >= 15 is 0 Å². The summed E-state index contributed by atoms with van der Waals surface area (Å²) in [7, 11) is 5.82. The van der Waals surface area contributed by atoms with Gasteiger partial charge < -0.3 is 0 Å². The summed E-state index contributed by atoms with van der Waals surface area (Å²) in [4.78, 5) is 0. The van der Waals surface area contributed by atoms with Gasteiger partial charge in [-0.25, -0.2) is 0 Å². The van der Waals surface area contributed by atoms with Crippen LogP contribution in [0.3, 0.4) is 0 Å². The van der Waals surface area contributed by atoms with Gasteiger partial charge in [0.2, 0.25) is 0 Å². The zero-order valence-corrected chi connectivity index (χ0v) is 9.30. The molecule has 0 aromatic rings. The number of hydrogen-bond acceptors (Lipinski definition) is 0. The molecule has 0 aliphatic heterocycles. The van der Waals surface area contributed by atoms with Gasteiger partial charge in [-0.3, -0.25) is 0 Å². The SMILES string of the molecule is [B]B(C)C(C)CC(C)CC(C)C. The van der Waals surface area contributed by atoms with E-state index in [1.54, 1.807) is 0 Å². The summed E-state index contributed by atoms with van der Waals surface area (Å²) >= 11 is 0. The van der Waals surface area contributed by atoms with Gasteiger partial charge in [-0.05, 0) is 18.3 Å². The van der Waals surface area contributed by atoms with Gasteiger partial charge in [0, 0.05) is 7.74 Å². The van der Waals surface area contributed by atoms with Crippen LogP contribution in [0.5, 0.6) is 0 Å². The number of rotatable bonds is 5. The molecule has 0 N–H and O–H groups in total. The van der Waals surface area contributed by atoms with Crippen molar-refractivity contribution in [1.29, 1.82) is 0 Å². The molecule has 0 fully saturated rings. The molecule has 0 aromatic heterocycles. The highest BCUT2D eigenvalue weighted by Gasteiger charge is 2.14. The molecule has 0 amide bonds. The van der Waals surface area contributed by atoms with Crippen molar-refractivity contribution in [2.45, 2.75) is 53.2 Å². The smallest absolute Gasteiger partial charge is 0.0905 e. The van der Waals surface area contributed by atoms with E-state index in [1.165, 1.54) is 12.8 Å². The average Bonchev–Trinajstić information content (AvgIpc) is 1.84. The predicted octanol–water partition coefficient (Wildman–Crippen LogP) is 3.24. The van der Waals surface area contributed by atoms with Crippen molar-refractivity contribution in [2.24, 2.45) is 11.8 Å². The molecule has 2 radical (unpaired) electrons. The fourth-order valence-electron chi connectivity index (χ4n) is 1.75. The Balaban J connectivity index is 3.61. The molecule has 0 bridgehead atoms. The van der Waals surface area contributed by atoms with Crippen LogP contribution in [0.25, 0.3) is 0 Å². The molecule has 0 heterocycles. The van der Waals surface area contributed by atoms with E-state index in [1.807, 2.05) is 0 Å². The second-order valence-corrected chi connectivity index (χ2v) is 4.81. The van der Waals surface area contributed by atoms with Gasteiger partial charge in [-0.2, -0.15) is 0 Å². The van der Waals surface area contributed by atoms with Gasteiger partial charge in [0.25, 0.3) is 0 Å². The van der Waals surface area contributed by atoms with Gasteiger partial charge in [0.1, 0.15) is 0 Å². The highest BCUT2D eigenvalue weighted by Crippen LogP contribution is 2.23. The van der Waals surface area contributed by atoms with Gasteiger partial charge in [-0.1, -0.05) is 46.8 Å². The Morgan fingerprint density at radius 1 is 1.08 bits per heavy atom. The fraction of sp³-hybridized carbons (Fsp3) is 1.00. The highest BCUT2D eigenvalue weighted by atomic mass is 14.1. The molecular weight excluding hydrogens is 142 g/mol. The van der Waals surface area contributed by atoms with Crippen LogP contribution in [0.15, 0.2) is 0 Å². The molecular formula is C10H22B2. The zero-order chi connectivity index (χ0) is 9.72. The van der Waals surface area contributed by atoms with Gasteiger partial charge in [-0.15, -0.1) is 0 Å². The standard InChI is InChI=1S/C10H22B2/c1-8(2)6-9(3)7-10(4)12(5)11/h8-10H,6-7H2,1-5H3. The molecule has 0 rings (SSSR count). The van der Waals surface area contributed by atoms with E-state index in [0.29, 0.717) is 12.4 Å². The van der Waals surface area contributed by atoms with Crippen LogP contribution in [0.1, 0.15) is 40.5 Å². The Hall–Kier alpha value is 0.130. The molecule has 68 valence electrons. The Bertz CT molecular complexity index is 110. The van der Waals surface area contributed by atoms with Gasteiger partial charge in [0.05, 0.1) is 6.60 Å². The summed E-state index contributed by atoms with van der Waals surface area (Å²) in [6.45, 7) is 11.6. The van der Waals surface area contributed by atoms with Crippen LogP contribution in [0.4, 0.5) is 0 Å². The molecule has 0 aliphatic carbocycles. The average molecular weight is 164 g/mol. The summed E-state index contributed by atoms with van der Waals surface area (Å²) in [5.74, 6) is 2.31. The Kier molecular flexibility index (Phi) is 5.78. The summed E-state index contributed by atoms with van der Waals surface area (Å²) in [6.07, 6.45) is 2.60. The zero-order valence-electron chi connectivity index (χ0n) is 9.30. The van der Waals surface area contributed by atoms with Crippen molar-refractivity contribution in [3.8, 4) is 0 Å². The van der Waals surface area contributed by atoms with Gasteiger partial charge >= 0.3 is 0 Å². The normalized spacial score (nSPS) is 16.2. The minimum atomic E-state index is 0.347. The summed E-state index contributed by atoms with van der Waals surface area (Å²) in [6, 6.07) is 0. The van der Waals surface area contributed by atoms with Crippen molar-refractivity contribution < 1.29 is 0 Å². The van der Waals surface area contributed by atoms with E-state index in [4.69, 9.17) is 7.74 Å².